The van der Waals surface area contributed by atoms with Crippen LogP contribution in [0.25, 0.3) is 10.6 Å². The molecule has 0 fully saturated rings. The molecular formula is C22H23N3O4S2. The fourth-order valence-corrected chi connectivity index (χ4v) is 4.58. The van der Waals surface area contributed by atoms with Crippen molar-refractivity contribution in [1.29, 1.82) is 0 Å². The van der Waals surface area contributed by atoms with Crippen molar-refractivity contribution in [1.82, 2.24) is 9.88 Å². The number of esters is 1. The molecule has 7 nitrogen and oxygen atoms in total. The molecule has 0 saturated heterocycles. The number of aromatic nitrogens is 1. The summed E-state index contributed by atoms with van der Waals surface area (Å²) < 4.78 is 5.17. The van der Waals surface area contributed by atoms with E-state index in [4.69, 9.17) is 4.74 Å². The maximum absolute atomic E-state index is 12.5. The number of hydrogen-bond donors (Lipinski definition) is 1. The Morgan fingerprint density at radius 3 is 2.61 bits per heavy atom. The van der Waals surface area contributed by atoms with Crippen molar-refractivity contribution in [2.75, 3.05) is 25.0 Å². The van der Waals surface area contributed by atoms with Gasteiger partial charge in [-0.3, -0.25) is 9.59 Å². The molecule has 0 unspecified atom stereocenters. The Labute approximate surface area is 188 Å². The number of benzene rings is 1. The van der Waals surface area contributed by atoms with E-state index in [-0.39, 0.29) is 5.91 Å². The van der Waals surface area contributed by atoms with Gasteiger partial charge >= 0.3 is 5.97 Å². The zero-order valence-corrected chi connectivity index (χ0v) is 19.1. The van der Waals surface area contributed by atoms with Crippen LogP contribution in [0.4, 0.5) is 5.69 Å². The molecule has 162 valence electrons. The van der Waals surface area contributed by atoms with Gasteiger partial charge in [-0.25, -0.2) is 9.78 Å². The molecule has 0 bridgehead atoms. The molecule has 0 aliphatic rings. The number of rotatable bonds is 8. The predicted octanol–water partition coefficient (Wildman–Crippen LogP) is 4.46. The second kappa shape index (κ2) is 10.3. The van der Waals surface area contributed by atoms with Crippen molar-refractivity contribution in [3.63, 3.8) is 0 Å². The highest BCUT2D eigenvalue weighted by atomic mass is 32.1. The predicted molar refractivity (Wildman–Crippen MR) is 123 cm³/mol. The number of thiazole rings is 1. The van der Waals surface area contributed by atoms with Gasteiger partial charge in [0.15, 0.2) is 6.61 Å². The minimum Gasteiger partial charge on any atom is -0.451 e. The number of nitrogens with one attached hydrogen (secondary N) is 1. The molecule has 3 rings (SSSR count). The molecular weight excluding hydrogens is 434 g/mol. The number of ether oxygens (including phenoxy) is 1. The number of amides is 2. The van der Waals surface area contributed by atoms with Crippen molar-refractivity contribution in [2.24, 2.45) is 0 Å². The molecule has 0 atom stereocenters. The van der Waals surface area contributed by atoms with E-state index in [9.17, 15) is 14.4 Å². The van der Waals surface area contributed by atoms with Crippen LogP contribution in [-0.4, -0.2) is 47.4 Å². The molecule has 0 spiro atoms. The van der Waals surface area contributed by atoms with Gasteiger partial charge in [0.2, 0.25) is 0 Å². The monoisotopic (exact) mass is 457 g/mol. The van der Waals surface area contributed by atoms with Crippen LogP contribution in [-0.2, 0) is 9.53 Å². The summed E-state index contributed by atoms with van der Waals surface area (Å²) in [6.45, 7) is 6.34. The van der Waals surface area contributed by atoms with Crippen molar-refractivity contribution in [3.8, 4) is 10.6 Å². The zero-order chi connectivity index (χ0) is 22.4. The summed E-state index contributed by atoms with van der Waals surface area (Å²) in [4.78, 5) is 43.6. The number of thiophene rings is 1. The summed E-state index contributed by atoms with van der Waals surface area (Å²) in [5, 5.41) is 7.31. The fourth-order valence-electron chi connectivity index (χ4n) is 2.91. The molecule has 0 saturated carbocycles. The van der Waals surface area contributed by atoms with Crippen LogP contribution >= 0.6 is 22.7 Å². The van der Waals surface area contributed by atoms with Crippen molar-refractivity contribution < 1.29 is 19.1 Å². The Balaban J connectivity index is 1.59. The maximum Gasteiger partial charge on any atom is 0.350 e. The largest absolute Gasteiger partial charge is 0.451 e. The van der Waals surface area contributed by atoms with E-state index in [1.165, 1.54) is 11.3 Å². The quantitative estimate of drug-likeness (QED) is 0.505. The van der Waals surface area contributed by atoms with E-state index in [1.54, 1.807) is 47.4 Å². The van der Waals surface area contributed by atoms with Gasteiger partial charge < -0.3 is 15.0 Å². The molecule has 1 N–H and O–H groups in total. The first-order valence-electron chi connectivity index (χ1n) is 9.79. The molecule has 0 aliphatic heterocycles. The average molecular weight is 458 g/mol. The Bertz CT molecular complexity index is 1070. The molecule has 9 heteroatoms. The summed E-state index contributed by atoms with van der Waals surface area (Å²) in [6, 6.07) is 8.63. The number of carbonyl (C=O) groups is 3. The van der Waals surface area contributed by atoms with Crippen molar-refractivity contribution in [2.45, 2.75) is 20.8 Å². The lowest BCUT2D eigenvalue weighted by molar-refractivity contribution is -0.119. The molecule has 0 aliphatic carbocycles. The lowest BCUT2D eigenvalue weighted by Crippen LogP contribution is -2.30. The molecule has 1 aromatic carbocycles. The van der Waals surface area contributed by atoms with Crippen LogP contribution < -0.4 is 5.32 Å². The highest BCUT2D eigenvalue weighted by Crippen LogP contribution is 2.29. The smallest absolute Gasteiger partial charge is 0.350 e. The third kappa shape index (κ3) is 5.56. The van der Waals surface area contributed by atoms with Crippen LogP contribution in [0.1, 0.15) is 39.6 Å². The minimum atomic E-state index is -0.586. The second-order valence-electron chi connectivity index (χ2n) is 6.63. The lowest BCUT2D eigenvalue weighted by atomic mass is 10.1. The first-order valence-corrected chi connectivity index (χ1v) is 11.5. The summed E-state index contributed by atoms with van der Waals surface area (Å²) in [5.74, 6) is -1.17. The van der Waals surface area contributed by atoms with E-state index in [1.807, 2.05) is 30.7 Å². The zero-order valence-electron chi connectivity index (χ0n) is 17.5. The van der Waals surface area contributed by atoms with E-state index >= 15 is 0 Å². The van der Waals surface area contributed by atoms with Gasteiger partial charge in [-0.2, -0.15) is 11.3 Å². The molecule has 2 heterocycles. The first kappa shape index (κ1) is 22.6. The van der Waals surface area contributed by atoms with Crippen molar-refractivity contribution in [3.05, 3.63) is 57.2 Å². The Kier molecular flexibility index (Phi) is 7.54. The van der Waals surface area contributed by atoms with Crippen LogP contribution in [0.5, 0.6) is 0 Å². The van der Waals surface area contributed by atoms with Gasteiger partial charge in [0.05, 0.1) is 5.69 Å². The van der Waals surface area contributed by atoms with E-state index in [0.717, 1.165) is 10.6 Å². The standard InChI is InChI=1S/C22H23N3O4S2/c1-4-25(5-2)21(27)15-7-6-8-17(11-15)24-18(26)12-29-22(28)19-14(3)23-20(31-19)16-9-10-30-13-16/h6-11,13H,4-5,12H2,1-3H3,(H,24,26). The molecule has 0 radical (unpaired) electrons. The number of carbonyl (C=O) groups excluding carboxylic acids is 3. The topological polar surface area (TPSA) is 88.6 Å². The third-order valence-electron chi connectivity index (χ3n) is 4.53. The fraction of sp³-hybridized carbons (Fsp3) is 0.273. The summed E-state index contributed by atoms with van der Waals surface area (Å²) in [6.07, 6.45) is 0. The number of hydrogen-bond acceptors (Lipinski definition) is 7. The molecule has 2 aromatic heterocycles. The Morgan fingerprint density at radius 2 is 1.94 bits per heavy atom. The van der Waals surface area contributed by atoms with E-state index in [0.29, 0.717) is 34.9 Å². The molecule has 3 aromatic rings. The van der Waals surface area contributed by atoms with Crippen LogP contribution in [0, 0.1) is 6.92 Å². The average Bonchev–Trinajstić information content (AvgIpc) is 3.43. The highest BCUT2D eigenvalue weighted by molar-refractivity contribution is 7.17. The van der Waals surface area contributed by atoms with E-state index < -0.39 is 18.5 Å². The Hall–Kier alpha value is -3.04. The number of anilines is 1. The van der Waals surface area contributed by atoms with Gasteiger partial charge in [0.1, 0.15) is 9.88 Å². The van der Waals surface area contributed by atoms with Crippen LogP contribution in [0.2, 0.25) is 0 Å². The summed E-state index contributed by atoms with van der Waals surface area (Å²) in [5.41, 5.74) is 2.47. The molecule has 31 heavy (non-hydrogen) atoms. The normalized spacial score (nSPS) is 10.5. The van der Waals surface area contributed by atoms with Gasteiger partial charge in [-0.15, -0.1) is 11.3 Å². The van der Waals surface area contributed by atoms with Crippen LogP contribution in [0.15, 0.2) is 41.1 Å². The number of aryl methyl sites for hydroxylation is 1. The van der Waals surface area contributed by atoms with E-state index in [2.05, 4.69) is 10.3 Å². The summed E-state index contributed by atoms with van der Waals surface area (Å²) in [7, 11) is 0. The second-order valence-corrected chi connectivity index (χ2v) is 8.41. The molecule has 2 amide bonds. The van der Waals surface area contributed by atoms with Gasteiger partial charge in [-0.1, -0.05) is 6.07 Å². The minimum absolute atomic E-state index is 0.102. The van der Waals surface area contributed by atoms with Gasteiger partial charge in [-0.05, 0) is 50.4 Å². The Morgan fingerprint density at radius 1 is 1.16 bits per heavy atom. The lowest BCUT2D eigenvalue weighted by Gasteiger charge is -2.19. The van der Waals surface area contributed by atoms with Gasteiger partial charge in [0.25, 0.3) is 11.8 Å². The van der Waals surface area contributed by atoms with Crippen LogP contribution in [0.3, 0.4) is 0 Å². The first-order chi connectivity index (χ1) is 14.9. The maximum atomic E-state index is 12.5. The summed E-state index contributed by atoms with van der Waals surface area (Å²) >= 11 is 2.79. The van der Waals surface area contributed by atoms with Crippen molar-refractivity contribution >= 4 is 46.1 Å². The SMILES string of the molecule is CCN(CC)C(=O)c1cccc(NC(=O)COC(=O)c2sc(-c3ccsc3)nc2C)c1. The van der Waals surface area contributed by atoms with Gasteiger partial charge in [0, 0.05) is 35.3 Å². The number of nitrogens with zero attached hydrogens (tertiary/aromatic N) is 2. The third-order valence-corrected chi connectivity index (χ3v) is 6.40. The highest BCUT2D eigenvalue weighted by Gasteiger charge is 2.19.